The van der Waals surface area contributed by atoms with Gasteiger partial charge in [-0.1, -0.05) is 6.07 Å². The first-order valence-corrected chi connectivity index (χ1v) is 6.94. The van der Waals surface area contributed by atoms with Gasteiger partial charge in [-0.2, -0.15) is 11.8 Å². The maximum atomic E-state index is 13.4. The van der Waals surface area contributed by atoms with Gasteiger partial charge in [0.25, 0.3) is 0 Å². The van der Waals surface area contributed by atoms with Crippen LogP contribution in [0.5, 0.6) is 0 Å². The summed E-state index contributed by atoms with van der Waals surface area (Å²) >= 11 is 1.55. The van der Waals surface area contributed by atoms with Crippen LogP contribution in [0, 0.1) is 5.82 Å². The van der Waals surface area contributed by atoms with Gasteiger partial charge in [0.1, 0.15) is 11.4 Å². The molecular formula is C12H15FN2O3S. The number of hydrogen-bond donors (Lipinski definition) is 3. The van der Waals surface area contributed by atoms with Gasteiger partial charge in [0, 0.05) is 0 Å². The van der Waals surface area contributed by atoms with Crippen molar-refractivity contribution in [3.05, 3.63) is 29.6 Å². The lowest BCUT2D eigenvalue weighted by Gasteiger charge is -2.13. The van der Waals surface area contributed by atoms with E-state index in [-0.39, 0.29) is 5.69 Å². The first-order chi connectivity index (χ1) is 8.97. The Hall–Kier alpha value is -1.60. The summed E-state index contributed by atoms with van der Waals surface area (Å²) in [5.41, 5.74) is 5.00. The summed E-state index contributed by atoms with van der Waals surface area (Å²) in [6.45, 7) is 0. The molecule has 0 aliphatic heterocycles. The van der Waals surface area contributed by atoms with E-state index in [1.165, 1.54) is 12.1 Å². The van der Waals surface area contributed by atoms with Crippen LogP contribution < -0.4 is 11.1 Å². The van der Waals surface area contributed by atoms with E-state index in [2.05, 4.69) is 5.32 Å². The maximum absolute atomic E-state index is 13.4. The number of rotatable bonds is 6. The summed E-state index contributed by atoms with van der Waals surface area (Å²) in [4.78, 5) is 22.7. The quantitative estimate of drug-likeness (QED) is 0.737. The molecule has 1 rings (SSSR count). The first-order valence-electron chi connectivity index (χ1n) is 5.54. The lowest BCUT2D eigenvalue weighted by Crippen LogP contribution is -2.36. The monoisotopic (exact) mass is 286 g/mol. The number of carboxylic acids is 1. The zero-order valence-corrected chi connectivity index (χ0v) is 11.2. The molecule has 0 saturated heterocycles. The molecule has 0 saturated carbocycles. The molecule has 0 spiro atoms. The second-order valence-electron chi connectivity index (χ2n) is 3.84. The normalized spacial score (nSPS) is 11.9. The van der Waals surface area contributed by atoms with E-state index >= 15 is 0 Å². The summed E-state index contributed by atoms with van der Waals surface area (Å²) in [7, 11) is 0. The summed E-state index contributed by atoms with van der Waals surface area (Å²) in [5, 5.41) is 11.3. The summed E-state index contributed by atoms with van der Waals surface area (Å²) in [6.07, 6.45) is 2.35. The average Bonchev–Trinajstić information content (AvgIpc) is 2.35. The standard InChI is InChI=1S/C12H15FN2O3S/c1-19-6-5-8(14)11(16)15-9-4-2-3-7(13)10(9)12(17)18/h2-4,8H,5-6,14H2,1H3,(H,15,16)(H,17,18)/t8-/m0/s1. The van der Waals surface area contributed by atoms with Gasteiger partial charge in [-0.3, -0.25) is 4.79 Å². The first kappa shape index (κ1) is 15.5. The molecule has 7 heteroatoms. The number of halogens is 1. The van der Waals surface area contributed by atoms with Crippen LogP contribution >= 0.6 is 11.8 Å². The van der Waals surface area contributed by atoms with E-state index in [0.29, 0.717) is 12.2 Å². The number of carbonyl (C=O) groups excluding carboxylic acids is 1. The zero-order chi connectivity index (χ0) is 14.4. The number of anilines is 1. The Kier molecular flexibility index (Phi) is 5.78. The van der Waals surface area contributed by atoms with Gasteiger partial charge in [-0.05, 0) is 30.6 Å². The Morgan fingerprint density at radius 3 is 2.79 bits per heavy atom. The van der Waals surface area contributed by atoms with Crippen LogP contribution in [0.1, 0.15) is 16.8 Å². The Bertz CT molecular complexity index is 482. The largest absolute Gasteiger partial charge is 0.478 e. The predicted octanol–water partition coefficient (Wildman–Crippen LogP) is 1.54. The minimum Gasteiger partial charge on any atom is -0.478 e. The van der Waals surface area contributed by atoms with Crippen molar-refractivity contribution in [2.75, 3.05) is 17.3 Å². The Balaban J connectivity index is 2.85. The molecule has 1 aromatic rings. The Labute approximate surface area is 114 Å². The van der Waals surface area contributed by atoms with Crippen molar-refractivity contribution in [3.8, 4) is 0 Å². The fraction of sp³-hybridized carbons (Fsp3) is 0.333. The second kappa shape index (κ2) is 7.10. The van der Waals surface area contributed by atoms with Crippen LogP contribution in [0.15, 0.2) is 18.2 Å². The minimum absolute atomic E-state index is 0.0860. The van der Waals surface area contributed by atoms with E-state index in [0.717, 1.165) is 6.07 Å². The highest BCUT2D eigenvalue weighted by atomic mass is 32.2. The molecule has 0 fully saturated rings. The van der Waals surface area contributed by atoms with Gasteiger partial charge in [0.05, 0.1) is 11.7 Å². The van der Waals surface area contributed by atoms with E-state index in [4.69, 9.17) is 10.8 Å². The number of carboxylic acid groups (broad SMARTS) is 1. The minimum atomic E-state index is -1.44. The molecule has 0 unspecified atom stereocenters. The molecular weight excluding hydrogens is 271 g/mol. The third-order valence-corrected chi connectivity index (χ3v) is 3.10. The Morgan fingerprint density at radius 2 is 2.21 bits per heavy atom. The zero-order valence-electron chi connectivity index (χ0n) is 10.4. The van der Waals surface area contributed by atoms with E-state index in [9.17, 15) is 14.0 Å². The van der Waals surface area contributed by atoms with Gasteiger partial charge in [0.2, 0.25) is 5.91 Å². The van der Waals surface area contributed by atoms with Gasteiger partial charge >= 0.3 is 5.97 Å². The number of nitrogens with one attached hydrogen (secondary N) is 1. The average molecular weight is 286 g/mol. The third kappa shape index (κ3) is 4.22. The number of nitrogens with two attached hydrogens (primary N) is 1. The SMILES string of the molecule is CSCC[C@H](N)C(=O)Nc1cccc(F)c1C(=O)O. The van der Waals surface area contributed by atoms with Crippen LogP contribution in [-0.2, 0) is 4.79 Å². The van der Waals surface area contributed by atoms with Crippen molar-refractivity contribution in [2.24, 2.45) is 5.73 Å². The van der Waals surface area contributed by atoms with E-state index in [1.807, 2.05) is 6.26 Å². The predicted molar refractivity (Wildman–Crippen MR) is 73.0 cm³/mol. The number of hydrogen-bond acceptors (Lipinski definition) is 4. The summed E-state index contributed by atoms with van der Waals surface area (Å²) in [6, 6.07) is 2.92. The van der Waals surface area contributed by atoms with Gasteiger partial charge in [-0.25, -0.2) is 9.18 Å². The van der Waals surface area contributed by atoms with Gasteiger partial charge in [0.15, 0.2) is 0 Å². The molecule has 0 bridgehead atoms. The number of thioether (sulfide) groups is 1. The molecule has 104 valence electrons. The molecule has 19 heavy (non-hydrogen) atoms. The Morgan fingerprint density at radius 1 is 1.53 bits per heavy atom. The van der Waals surface area contributed by atoms with Crippen LogP contribution in [0.25, 0.3) is 0 Å². The highest BCUT2D eigenvalue weighted by molar-refractivity contribution is 7.98. The smallest absolute Gasteiger partial charge is 0.340 e. The maximum Gasteiger partial charge on any atom is 0.340 e. The molecule has 1 aromatic carbocycles. The van der Waals surface area contributed by atoms with Crippen LogP contribution in [0.2, 0.25) is 0 Å². The van der Waals surface area contributed by atoms with Gasteiger partial charge in [-0.15, -0.1) is 0 Å². The summed E-state index contributed by atoms with van der Waals surface area (Å²) < 4.78 is 13.4. The van der Waals surface area contributed by atoms with Crippen molar-refractivity contribution in [1.82, 2.24) is 0 Å². The van der Waals surface area contributed by atoms with Crippen LogP contribution in [-0.4, -0.2) is 35.0 Å². The fourth-order valence-electron chi connectivity index (χ4n) is 1.45. The molecule has 1 atom stereocenters. The lowest BCUT2D eigenvalue weighted by molar-refractivity contribution is -0.117. The molecule has 0 radical (unpaired) electrons. The molecule has 0 heterocycles. The highest BCUT2D eigenvalue weighted by Gasteiger charge is 2.19. The highest BCUT2D eigenvalue weighted by Crippen LogP contribution is 2.19. The number of carbonyl (C=O) groups is 2. The second-order valence-corrected chi connectivity index (χ2v) is 4.83. The molecule has 0 aliphatic rings. The third-order valence-electron chi connectivity index (χ3n) is 2.46. The molecule has 1 amide bonds. The van der Waals surface area contributed by atoms with E-state index < -0.39 is 29.3 Å². The van der Waals surface area contributed by atoms with Crippen LogP contribution in [0.3, 0.4) is 0 Å². The molecule has 5 nitrogen and oxygen atoms in total. The topological polar surface area (TPSA) is 92.4 Å². The van der Waals surface area contributed by atoms with Crippen molar-refractivity contribution in [1.29, 1.82) is 0 Å². The van der Waals surface area contributed by atoms with E-state index in [1.54, 1.807) is 11.8 Å². The lowest BCUT2D eigenvalue weighted by atomic mass is 10.1. The van der Waals surface area contributed by atoms with Crippen molar-refractivity contribution in [2.45, 2.75) is 12.5 Å². The molecule has 4 N–H and O–H groups in total. The number of amides is 1. The van der Waals surface area contributed by atoms with Crippen molar-refractivity contribution in [3.63, 3.8) is 0 Å². The molecule has 0 aliphatic carbocycles. The number of benzene rings is 1. The van der Waals surface area contributed by atoms with Gasteiger partial charge < -0.3 is 16.2 Å². The van der Waals surface area contributed by atoms with Crippen molar-refractivity contribution >= 4 is 29.3 Å². The van der Waals surface area contributed by atoms with Crippen LogP contribution in [0.4, 0.5) is 10.1 Å². The number of aromatic carboxylic acids is 1. The fourth-order valence-corrected chi connectivity index (χ4v) is 1.94. The molecule has 0 aromatic heterocycles. The van der Waals surface area contributed by atoms with Crippen molar-refractivity contribution < 1.29 is 19.1 Å². The summed E-state index contributed by atoms with van der Waals surface area (Å²) in [5.74, 6) is -2.15.